The highest BCUT2D eigenvalue weighted by Crippen LogP contribution is 2.27. The van der Waals surface area contributed by atoms with E-state index in [9.17, 15) is 24.5 Å². The second-order valence-electron chi connectivity index (χ2n) is 7.00. The van der Waals surface area contributed by atoms with Gasteiger partial charge in [-0.25, -0.2) is 4.79 Å². The molecule has 0 aliphatic heterocycles. The summed E-state index contributed by atoms with van der Waals surface area (Å²) >= 11 is 0. The maximum Gasteiger partial charge on any atom is 0.330 e. The summed E-state index contributed by atoms with van der Waals surface area (Å²) in [7, 11) is 2.92. The van der Waals surface area contributed by atoms with E-state index in [1.54, 1.807) is 0 Å². The number of benzene rings is 1. The maximum absolute atomic E-state index is 13.4. The molecule has 1 heterocycles. The van der Waals surface area contributed by atoms with Crippen molar-refractivity contribution in [1.29, 1.82) is 0 Å². The van der Waals surface area contributed by atoms with E-state index in [1.807, 2.05) is 6.92 Å². The zero-order valence-corrected chi connectivity index (χ0v) is 18.8. The van der Waals surface area contributed by atoms with Crippen LogP contribution in [0.3, 0.4) is 0 Å². The van der Waals surface area contributed by atoms with E-state index >= 15 is 0 Å². The van der Waals surface area contributed by atoms with Gasteiger partial charge >= 0.3 is 5.69 Å². The number of aromatic nitrogens is 2. The molecular weight excluding hydrogens is 436 g/mol. The minimum atomic E-state index is -0.846. The molecule has 13 nitrogen and oxygen atoms in total. The number of nitro benzene ring substituents is 1. The Bertz CT molecular complexity index is 1110. The first-order chi connectivity index (χ1) is 15.8. The van der Waals surface area contributed by atoms with Gasteiger partial charge in [-0.2, -0.15) is 0 Å². The van der Waals surface area contributed by atoms with Gasteiger partial charge in [0, 0.05) is 45.5 Å². The average Bonchev–Trinajstić information content (AvgIpc) is 2.78. The van der Waals surface area contributed by atoms with Gasteiger partial charge in [0.2, 0.25) is 0 Å². The lowest BCUT2D eigenvalue weighted by molar-refractivity contribution is -0.384. The first-order valence-electron chi connectivity index (χ1n) is 10.2. The molecular formula is C20H28N6O7. The van der Waals surface area contributed by atoms with Crippen molar-refractivity contribution >= 4 is 28.8 Å². The molecule has 180 valence electrons. The smallest absolute Gasteiger partial charge is 0.330 e. The number of nitrogen functional groups attached to an aromatic ring is 1. The number of hydrogen-bond donors (Lipinski definition) is 3. The summed E-state index contributed by atoms with van der Waals surface area (Å²) in [6, 6.07) is 3.92. The standard InChI is InChI=1S/C20H28N6O7/c1-4-8-25-17(21)16(18(27)23-20(25)29)24(9-11-33-3)19(28)13-5-6-14(22-7-10-32-2)15(12-13)26(30)31/h5-6,12,22H,4,7-11,21H2,1-3H3,(H,23,27,29). The summed E-state index contributed by atoms with van der Waals surface area (Å²) in [5.74, 6) is -0.889. The number of nitrogens with one attached hydrogen (secondary N) is 2. The van der Waals surface area contributed by atoms with Gasteiger partial charge in [0.1, 0.15) is 11.5 Å². The van der Waals surface area contributed by atoms with Crippen LogP contribution in [0.4, 0.5) is 22.9 Å². The van der Waals surface area contributed by atoms with E-state index in [0.717, 1.165) is 15.5 Å². The zero-order chi connectivity index (χ0) is 24.5. The quantitative estimate of drug-likeness (QED) is 0.233. The summed E-state index contributed by atoms with van der Waals surface area (Å²) < 4.78 is 11.1. The maximum atomic E-state index is 13.4. The van der Waals surface area contributed by atoms with Crippen molar-refractivity contribution in [3.05, 3.63) is 54.7 Å². The van der Waals surface area contributed by atoms with E-state index in [4.69, 9.17) is 15.2 Å². The number of rotatable bonds is 12. The fourth-order valence-electron chi connectivity index (χ4n) is 3.19. The number of carbonyl (C=O) groups excluding carboxylic acids is 1. The van der Waals surface area contributed by atoms with Crippen LogP contribution < -0.4 is 27.2 Å². The molecule has 0 atom stereocenters. The Morgan fingerprint density at radius 2 is 1.97 bits per heavy atom. The summed E-state index contributed by atoms with van der Waals surface area (Å²) in [5, 5.41) is 14.5. The summed E-state index contributed by atoms with van der Waals surface area (Å²) in [6.07, 6.45) is 0.561. The molecule has 0 aliphatic rings. The normalized spacial score (nSPS) is 10.8. The third kappa shape index (κ3) is 5.96. The first kappa shape index (κ1) is 25.5. The third-order valence-electron chi connectivity index (χ3n) is 4.76. The van der Waals surface area contributed by atoms with Crippen LogP contribution in [-0.2, 0) is 16.0 Å². The Balaban J connectivity index is 2.56. The lowest BCUT2D eigenvalue weighted by Gasteiger charge is -2.24. The number of nitrogens with zero attached hydrogens (tertiary/aromatic N) is 3. The molecule has 0 saturated carbocycles. The third-order valence-corrected chi connectivity index (χ3v) is 4.76. The van der Waals surface area contributed by atoms with E-state index in [2.05, 4.69) is 10.3 Å². The van der Waals surface area contributed by atoms with Crippen LogP contribution in [0.1, 0.15) is 23.7 Å². The van der Waals surface area contributed by atoms with Gasteiger partial charge in [0.05, 0.1) is 18.1 Å². The number of anilines is 3. The molecule has 0 saturated heterocycles. The fraction of sp³-hybridized carbons (Fsp3) is 0.450. The molecule has 2 rings (SSSR count). The highest BCUT2D eigenvalue weighted by atomic mass is 16.6. The molecule has 1 aromatic carbocycles. The van der Waals surface area contributed by atoms with E-state index in [-0.39, 0.29) is 48.1 Å². The van der Waals surface area contributed by atoms with E-state index in [1.165, 1.54) is 26.4 Å². The second kappa shape index (κ2) is 11.8. The number of nitro groups is 1. The lowest BCUT2D eigenvalue weighted by Crippen LogP contribution is -2.42. The van der Waals surface area contributed by atoms with Crippen molar-refractivity contribution < 1.29 is 19.2 Å². The van der Waals surface area contributed by atoms with Crippen LogP contribution in [-0.4, -0.2) is 60.9 Å². The molecule has 0 fully saturated rings. The molecule has 13 heteroatoms. The largest absolute Gasteiger partial charge is 0.383 e. The summed E-state index contributed by atoms with van der Waals surface area (Å²) in [6.45, 7) is 2.69. The van der Waals surface area contributed by atoms with Crippen molar-refractivity contribution in [2.75, 3.05) is 56.5 Å². The van der Waals surface area contributed by atoms with Gasteiger partial charge in [-0.1, -0.05) is 6.92 Å². The van der Waals surface area contributed by atoms with Crippen LogP contribution in [0.15, 0.2) is 27.8 Å². The van der Waals surface area contributed by atoms with Crippen LogP contribution >= 0.6 is 0 Å². The van der Waals surface area contributed by atoms with Crippen molar-refractivity contribution in [2.24, 2.45) is 0 Å². The Labute approximate surface area is 189 Å². The predicted molar refractivity (Wildman–Crippen MR) is 123 cm³/mol. The van der Waals surface area contributed by atoms with Crippen LogP contribution in [0, 0.1) is 10.1 Å². The van der Waals surface area contributed by atoms with Gasteiger partial charge in [0.25, 0.3) is 17.2 Å². The molecule has 4 N–H and O–H groups in total. The van der Waals surface area contributed by atoms with E-state index in [0.29, 0.717) is 19.6 Å². The molecule has 0 radical (unpaired) electrons. The fourth-order valence-corrected chi connectivity index (χ4v) is 3.19. The molecule has 0 aliphatic carbocycles. The van der Waals surface area contributed by atoms with Crippen molar-refractivity contribution in [3.8, 4) is 0 Å². The number of amides is 1. The van der Waals surface area contributed by atoms with Gasteiger partial charge in [0.15, 0.2) is 5.69 Å². The summed E-state index contributed by atoms with van der Waals surface area (Å²) in [5.41, 5.74) is 4.20. The van der Waals surface area contributed by atoms with Crippen molar-refractivity contribution in [3.63, 3.8) is 0 Å². The van der Waals surface area contributed by atoms with Gasteiger partial charge < -0.3 is 20.5 Å². The number of methoxy groups -OCH3 is 2. The number of ether oxygens (including phenoxy) is 2. The average molecular weight is 464 g/mol. The minimum absolute atomic E-state index is 0.0397. The Hall–Kier alpha value is -3.71. The Morgan fingerprint density at radius 3 is 2.58 bits per heavy atom. The van der Waals surface area contributed by atoms with Crippen LogP contribution in [0.25, 0.3) is 0 Å². The molecule has 1 amide bonds. The molecule has 0 spiro atoms. The van der Waals surface area contributed by atoms with Gasteiger partial charge in [-0.3, -0.25) is 34.2 Å². The minimum Gasteiger partial charge on any atom is -0.383 e. The predicted octanol–water partition coefficient (Wildman–Crippen LogP) is 0.789. The molecule has 33 heavy (non-hydrogen) atoms. The number of carbonyl (C=O) groups is 1. The van der Waals surface area contributed by atoms with Gasteiger partial charge in [-0.05, 0) is 18.6 Å². The first-order valence-corrected chi connectivity index (χ1v) is 10.2. The Morgan fingerprint density at radius 1 is 1.27 bits per heavy atom. The van der Waals surface area contributed by atoms with E-state index < -0.39 is 22.1 Å². The molecule has 1 aromatic heterocycles. The molecule has 2 aromatic rings. The summed E-state index contributed by atoms with van der Waals surface area (Å²) in [4.78, 5) is 52.3. The van der Waals surface area contributed by atoms with Crippen molar-refractivity contribution in [2.45, 2.75) is 19.9 Å². The zero-order valence-electron chi connectivity index (χ0n) is 18.8. The number of nitrogens with two attached hydrogens (primary N) is 1. The SMILES string of the molecule is CCCn1c(N)c(N(CCOC)C(=O)c2ccc(NCCOC)c([N+](=O)[O-])c2)c(=O)[nH]c1=O. The number of hydrogen-bond acceptors (Lipinski definition) is 9. The van der Waals surface area contributed by atoms with Crippen LogP contribution in [0.2, 0.25) is 0 Å². The molecule has 0 unspecified atom stereocenters. The van der Waals surface area contributed by atoms with Crippen molar-refractivity contribution in [1.82, 2.24) is 9.55 Å². The molecule has 0 bridgehead atoms. The monoisotopic (exact) mass is 464 g/mol. The lowest BCUT2D eigenvalue weighted by atomic mass is 10.1. The highest BCUT2D eigenvalue weighted by Gasteiger charge is 2.27. The Kier molecular flexibility index (Phi) is 9.12. The second-order valence-corrected chi connectivity index (χ2v) is 7.00. The topological polar surface area (TPSA) is 175 Å². The number of H-pyrrole nitrogens is 1. The number of aromatic amines is 1. The van der Waals surface area contributed by atoms with Crippen LogP contribution in [0.5, 0.6) is 0 Å². The van der Waals surface area contributed by atoms with Gasteiger partial charge in [-0.15, -0.1) is 0 Å². The highest BCUT2D eigenvalue weighted by molar-refractivity contribution is 6.08.